The molecule has 0 aromatic carbocycles. The molecule has 0 aliphatic carbocycles. The normalized spacial score (nSPS) is 11.8. The lowest BCUT2D eigenvalue weighted by atomic mass is 10.3. The van der Waals surface area contributed by atoms with E-state index >= 15 is 0 Å². The van der Waals surface area contributed by atoms with Crippen LogP contribution in [0.3, 0.4) is 0 Å². The second-order valence-electron chi connectivity index (χ2n) is 4.00. The van der Waals surface area contributed by atoms with E-state index < -0.39 is 17.4 Å². The lowest BCUT2D eigenvalue weighted by molar-refractivity contribution is -0.144. The van der Waals surface area contributed by atoms with Gasteiger partial charge in [0, 0.05) is 19.2 Å². The Balaban J connectivity index is 2.72. The Labute approximate surface area is 104 Å². The van der Waals surface area contributed by atoms with Crippen LogP contribution in [0.1, 0.15) is 25.5 Å². The van der Waals surface area contributed by atoms with Crippen molar-refractivity contribution in [2.75, 3.05) is 13.1 Å². The van der Waals surface area contributed by atoms with E-state index in [4.69, 9.17) is 0 Å². The van der Waals surface area contributed by atoms with E-state index in [2.05, 4.69) is 5.32 Å². The minimum Gasteiger partial charge on any atom is -0.315 e. The Hall–Kier alpha value is -1.30. The highest BCUT2D eigenvalue weighted by Crippen LogP contribution is 2.27. The summed E-state index contributed by atoms with van der Waals surface area (Å²) in [5.74, 6) is 0. The van der Waals surface area contributed by atoms with Gasteiger partial charge in [-0.2, -0.15) is 13.2 Å². The number of rotatable bonds is 6. The number of nitrogens with zero attached hydrogens (tertiary/aromatic N) is 1. The van der Waals surface area contributed by atoms with Crippen LogP contribution in [0.25, 0.3) is 0 Å². The van der Waals surface area contributed by atoms with Crippen LogP contribution in [-0.4, -0.2) is 17.7 Å². The van der Waals surface area contributed by atoms with Gasteiger partial charge in [-0.25, -0.2) is 0 Å². The van der Waals surface area contributed by atoms with Crippen LogP contribution >= 0.6 is 0 Å². The first kappa shape index (κ1) is 14.8. The van der Waals surface area contributed by atoms with Crippen molar-refractivity contribution >= 4 is 0 Å². The molecular formula is C12H17F3N2O. The summed E-state index contributed by atoms with van der Waals surface area (Å²) in [5.41, 5.74) is -1.52. The number of aromatic nitrogens is 1. The van der Waals surface area contributed by atoms with E-state index in [0.717, 1.165) is 42.2 Å². The molecular weight excluding hydrogens is 245 g/mol. The smallest absolute Gasteiger partial charge is 0.315 e. The summed E-state index contributed by atoms with van der Waals surface area (Å²) in [6.07, 6.45) is -2.51. The Kier molecular flexibility index (Phi) is 5.40. The topological polar surface area (TPSA) is 34.0 Å². The predicted octanol–water partition coefficient (Wildman–Crippen LogP) is 2.26. The molecule has 0 amide bonds. The maximum Gasteiger partial charge on any atom is 0.431 e. The molecule has 0 spiro atoms. The summed E-state index contributed by atoms with van der Waals surface area (Å²) in [7, 11) is 0. The first-order chi connectivity index (χ1) is 8.46. The van der Waals surface area contributed by atoms with Crippen molar-refractivity contribution in [2.45, 2.75) is 32.5 Å². The molecule has 18 heavy (non-hydrogen) atoms. The number of hydrogen-bond acceptors (Lipinski definition) is 2. The average molecular weight is 262 g/mol. The molecule has 0 unspecified atom stereocenters. The molecule has 0 bridgehead atoms. The molecule has 0 aliphatic heterocycles. The lowest BCUT2D eigenvalue weighted by Crippen LogP contribution is -2.31. The first-order valence-electron chi connectivity index (χ1n) is 5.94. The molecule has 6 heteroatoms. The van der Waals surface area contributed by atoms with Crippen LogP contribution in [0, 0.1) is 0 Å². The van der Waals surface area contributed by atoms with Gasteiger partial charge in [0.15, 0.2) is 0 Å². The molecule has 0 saturated heterocycles. The van der Waals surface area contributed by atoms with E-state index in [1.807, 2.05) is 6.92 Å². The van der Waals surface area contributed by atoms with Crippen molar-refractivity contribution in [3.63, 3.8) is 0 Å². The number of hydrogen-bond donors (Lipinski definition) is 1. The highest BCUT2D eigenvalue weighted by Gasteiger charge is 2.33. The molecule has 0 atom stereocenters. The van der Waals surface area contributed by atoms with Crippen molar-refractivity contribution in [1.82, 2.24) is 9.88 Å². The largest absolute Gasteiger partial charge is 0.431 e. The highest BCUT2D eigenvalue weighted by molar-refractivity contribution is 5.10. The van der Waals surface area contributed by atoms with Crippen LogP contribution < -0.4 is 10.9 Å². The van der Waals surface area contributed by atoms with Crippen molar-refractivity contribution in [1.29, 1.82) is 0 Å². The summed E-state index contributed by atoms with van der Waals surface area (Å²) in [4.78, 5) is 11.4. The van der Waals surface area contributed by atoms with Gasteiger partial charge in [0.2, 0.25) is 0 Å². The molecule has 1 aromatic heterocycles. The van der Waals surface area contributed by atoms with E-state index in [9.17, 15) is 18.0 Å². The summed E-state index contributed by atoms with van der Waals surface area (Å²) in [6.45, 7) is 3.16. The van der Waals surface area contributed by atoms with Gasteiger partial charge >= 0.3 is 6.18 Å². The molecule has 1 N–H and O–H groups in total. The zero-order valence-corrected chi connectivity index (χ0v) is 10.3. The van der Waals surface area contributed by atoms with Crippen molar-refractivity contribution < 1.29 is 13.2 Å². The Morgan fingerprint density at radius 1 is 1.28 bits per heavy atom. The second kappa shape index (κ2) is 6.58. The van der Waals surface area contributed by atoms with Crippen LogP contribution in [0.2, 0.25) is 0 Å². The van der Waals surface area contributed by atoms with Crippen LogP contribution in [0.4, 0.5) is 13.2 Å². The fourth-order valence-electron chi connectivity index (χ4n) is 1.62. The van der Waals surface area contributed by atoms with Gasteiger partial charge < -0.3 is 9.88 Å². The number of unbranched alkanes of at least 4 members (excludes halogenated alkanes) is 1. The molecule has 0 radical (unpaired) electrons. The zero-order chi connectivity index (χ0) is 13.6. The van der Waals surface area contributed by atoms with E-state index in [-0.39, 0.29) is 6.54 Å². The van der Waals surface area contributed by atoms with Gasteiger partial charge in [-0.1, -0.05) is 19.4 Å². The maximum absolute atomic E-state index is 12.7. The molecule has 1 rings (SSSR count). The monoisotopic (exact) mass is 262 g/mol. The average Bonchev–Trinajstić information content (AvgIpc) is 2.29. The van der Waals surface area contributed by atoms with Crippen molar-refractivity contribution in [2.24, 2.45) is 0 Å². The number of halogens is 3. The number of nitrogens with one attached hydrogen (secondary N) is 1. The van der Waals surface area contributed by atoms with Gasteiger partial charge in [0.05, 0.1) is 0 Å². The van der Waals surface area contributed by atoms with Crippen molar-refractivity contribution in [3.05, 3.63) is 34.2 Å². The molecule has 0 aliphatic rings. The molecule has 1 heterocycles. The van der Waals surface area contributed by atoms with Crippen LogP contribution in [0.5, 0.6) is 0 Å². The van der Waals surface area contributed by atoms with Gasteiger partial charge in [0.25, 0.3) is 5.56 Å². The van der Waals surface area contributed by atoms with Gasteiger partial charge in [-0.05, 0) is 19.0 Å². The summed E-state index contributed by atoms with van der Waals surface area (Å²) in [5, 5.41) is 3.01. The second-order valence-corrected chi connectivity index (χ2v) is 4.00. The third-order valence-corrected chi connectivity index (χ3v) is 2.56. The Bertz CT molecular complexity index is 426. The lowest BCUT2D eigenvalue weighted by Gasteiger charge is -2.15. The fraction of sp³-hybridized carbons (Fsp3) is 0.583. The van der Waals surface area contributed by atoms with Gasteiger partial charge in [0.1, 0.15) is 5.69 Å². The first-order valence-corrected chi connectivity index (χ1v) is 5.94. The summed E-state index contributed by atoms with van der Waals surface area (Å²) >= 11 is 0. The standard InChI is InChI=1S/C12H17F3N2O/c1-2-3-7-16-8-9-17-10(12(13,14)15)5-4-6-11(17)18/h4-6,16H,2-3,7-9H2,1H3. The minimum atomic E-state index is -4.50. The van der Waals surface area contributed by atoms with Gasteiger partial charge in [-0.3, -0.25) is 4.79 Å². The van der Waals surface area contributed by atoms with E-state index in [1.165, 1.54) is 0 Å². The van der Waals surface area contributed by atoms with Gasteiger partial charge in [-0.15, -0.1) is 0 Å². The predicted molar refractivity (Wildman–Crippen MR) is 63.5 cm³/mol. The number of pyridine rings is 1. The molecule has 102 valence electrons. The maximum atomic E-state index is 12.7. The molecule has 0 saturated carbocycles. The number of alkyl halides is 3. The minimum absolute atomic E-state index is 0.0260. The Morgan fingerprint density at radius 2 is 2.00 bits per heavy atom. The molecule has 1 aromatic rings. The van der Waals surface area contributed by atoms with Crippen LogP contribution in [0.15, 0.2) is 23.0 Å². The van der Waals surface area contributed by atoms with Crippen molar-refractivity contribution in [3.8, 4) is 0 Å². The third kappa shape index (κ3) is 4.18. The quantitative estimate of drug-likeness (QED) is 0.798. The van der Waals surface area contributed by atoms with E-state index in [0.29, 0.717) is 6.54 Å². The highest BCUT2D eigenvalue weighted by atomic mass is 19.4. The SMILES string of the molecule is CCCCNCCn1c(C(F)(F)F)cccc1=O. The molecule has 0 fully saturated rings. The van der Waals surface area contributed by atoms with E-state index in [1.54, 1.807) is 0 Å². The molecule has 3 nitrogen and oxygen atoms in total. The summed E-state index contributed by atoms with van der Waals surface area (Å²) < 4.78 is 38.8. The van der Waals surface area contributed by atoms with Crippen LogP contribution in [-0.2, 0) is 12.7 Å². The third-order valence-electron chi connectivity index (χ3n) is 2.56. The Morgan fingerprint density at radius 3 is 2.61 bits per heavy atom. The zero-order valence-electron chi connectivity index (χ0n) is 10.3. The fourth-order valence-corrected chi connectivity index (χ4v) is 1.62. The summed E-state index contributed by atoms with van der Waals surface area (Å²) in [6, 6.07) is 3.20.